The Hall–Kier alpha value is -1.73. The van der Waals surface area contributed by atoms with Crippen molar-refractivity contribution in [2.75, 3.05) is 0 Å². The predicted molar refractivity (Wildman–Crippen MR) is 52.6 cm³/mol. The summed E-state index contributed by atoms with van der Waals surface area (Å²) < 4.78 is 80.7. The number of benzene rings is 1. The number of carbonyl (C=O) groups is 1. The second-order valence-corrected chi connectivity index (χ2v) is 3.74. The monoisotopic (exact) mass is 286 g/mol. The van der Waals surface area contributed by atoms with E-state index in [1.54, 1.807) is 0 Å². The maximum atomic E-state index is 13.1. The van der Waals surface area contributed by atoms with Crippen molar-refractivity contribution in [3.8, 4) is 5.75 Å². The number of hydrogen-bond donors (Lipinski definition) is 0. The molecule has 0 saturated carbocycles. The van der Waals surface area contributed by atoms with E-state index < -0.39 is 36.4 Å². The summed E-state index contributed by atoms with van der Waals surface area (Å²) in [6.45, 7) is -0.406. The molecule has 2 nitrogen and oxygen atoms in total. The van der Waals surface area contributed by atoms with Crippen LogP contribution in [0.3, 0.4) is 0 Å². The van der Waals surface area contributed by atoms with Gasteiger partial charge in [-0.05, 0) is 12.1 Å². The fraction of sp³-hybridized carbons (Fsp3) is 0.364. The molecule has 0 aliphatic rings. The molecule has 1 aromatic rings. The zero-order valence-electron chi connectivity index (χ0n) is 9.47. The minimum absolute atomic E-state index is 0.406. The van der Waals surface area contributed by atoms with Crippen molar-refractivity contribution < 1.29 is 35.9 Å². The van der Waals surface area contributed by atoms with Crippen molar-refractivity contribution in [2.45, 2.75) is 24.7 Å². The van der Waals surface area contributed by atoms with E-state index in [4.69, 9.17) is 0 Å². The summed E-state index contributed by atoms with van der Waals surface area (Å²) in [5, 5.41) is 0. The largest absolute Gasteiger partial charge is 0.422 e. The van der Waals surface area contributed by atoms with Gasteiger partial charge in [-0.3, -0.25) is 0 Å². The molecule has 106 valence electrons. The number of para-hydroxylation sites is 1. The predicted octanol–water partition coefficient (Wildman–Crippen LogP) is 3.52. The third kappa shape index (κ3) is 2.82. The van der Waals surface area contributed by atoms with Crippen LogP contribution in [0.5, 0.6) is 5.75 Å². The highest BCUT2D eigenvalue weighted by Gasteiger charge is 2.74. The average Bonchev–Trinajstić information content (AvgIpc) is 2.28. The lowest BCUT2D eigenvalue weighted by Crippen LogP contribution is -2.57. The van der Waals surface area contributed by atoms with E-state index in [9.17, 15) is 31.1 Å². The van der Waals surface area contributed by atoms with Gasteiger partial charge in [-0.1, -0.05) is 18.2 Å². The molecular formula is C11H8F6O2. The molecule has 0 fully saturated rings. The summed E-state index contributed by atoms with van der Waals surface area (Å²) in [7, 11) is 0. The van der Waals surface area contributed by atoms with Gasteiger partial charge in [0, 0.05) is 6.92 Å². The quantitative estimate of drug-likeness (QED) is 0.481. The molecular weight excluding hydrogens is 278 g/mol. The van der Waals surface area contributed by atoms with Gasteiger partial charge < -0.3 is 4.74 Å². The Morgan fingerprint density at radius 1 is 1.00 bits per heavy atom. The van der Waals surface area contributed by atoms with Crippen LogP contribution in [0, 0.1) is 0 Å². The van der Waals surface area contributed by atoms with Gasteiger partial charge in [-0.25, -0.2) is 4.79 Å². The third-order valence-corrected chi connectivity index (χ3v) is 2.16. The molecule has 0 saturated heterocycles. The van der Waals surface area contributed by atoms with Crippen molar-refractivity contribution in [3.63, 3.8) is 0 Å². The summed E-state index contributed by atoms with van der Waals surface area (Å²) in [5.74, 6) is -19.8. The number of esters is 1. The summed E-state index contributed by atoms with van der Waals surface area (Å²) in [5.41, 5.74) is 0. The molecule has 0 bridgehead atoms. The van der Waals surface area contributed by atoms with Crippen LogP contribution in [0.25, 0.3) is 0 Å². The molecule has 0 heterocycles. The van der Waals surface area contributed by atoms with Crippen LogP contribution in [0.1, 0.15) is 6.92 Å². The first-order valence-electron chi connectivity index (χ1n) is 4.91. The highest BCUT2D eigenvalue weighted by atomic mass is 19.3. The number of rotatable bonds is 4. The third-order valence-electron chi connectivity index (χ3n) is 2.16. The first-order valence-corrected chi connectivity index (χ1v) is 4.91. The van der Waals surface area contributed by atoms with E-state index >= 15 is 0 Å². The molecule has 1 rings (SSSR count). The van der Waals surface area contributed by atoms with E-state index in [-0.39, 0.29) is 0 Å². The first-order chi connectivity index (χ1) is 8.50. The number of halogens is 6. The number of carbonyl (C=O) groups excluding carboxylic acids is 1. The van der Waals surface area contributed by atoms with Crippen LogP contribution in [0.2, 0.25) is 0 Å². The topological polar surface area (TPSA) is 26.3 Å². The number of hydrogen-bond acceptors (Lipinski definition) is 2. The summed E-state index contributed by atoms with van der Waals surface area (Å²) in [6.07, 6.45) is 0. The van der Waals surface area contributed by atoms with Crippen molar-refractivity contribution in [1.82, 2.24) is 0 Å². The lowest BCUT2D eigenvalue weighted by atomic mass is 10.1. The lowest BCUT2D eigenvalue weighted by molar-refractivity contribution is -0.296. The van der Waals surface area contributed by atoms with Crippen molar-refractivity contribution in [1.29, 1.82) is 0 Å². The van der Waals surface area contributed by atoms with Crippen LogP contribution in [-0.2, 0) is 4.79 Å². The van der Waals surface area contributed by atoms with Crippen LogP contribution in [0.15, 0.2) is 30.3 Å². The zero-order valence-corrected chi connectivity index (χ0v) is 9.47. The van der Waals surface area contributed by atoms with Crippen molar-refractivity contribution in [3.05, 3.63) is 30.3 Å². The molecule has 0 aromatic heterocycles. The summed E-state index contributed by atoms with van der Waals surface area (Å²) in [6, 6.07) is 6.09. The molecule has 0 aliphatic heterocycles. The normalized spacial score (nSPS) is 13.2. The van der Waals surface area contributed by atoms with Gasteiger partial charge in [-0.2, -0.15) is 26.3 Å². The molecule has 8 heteroatoms. The molecule has 1 aromatic carbocycles. The minimum atomic E-state index is -5.86. The fourth-order valence-electron chi connectivity index (χ4n) is 1.06. The Labute approximate surface area is 104 Å². The van der Waals surface area contributed by atoms with Crippen LogP contribution in [0.4, 0.5) is 26.3 Å². The Morgan fingerprint density at radius 3 is 1.89 bits per heavy atom. The molecule has 0 unspecified atom stereocenters. The van der Waals surface area contributed by atoms with Crippen molar-refractivity contribution >= 4 is 5.97 Å². The highest BCUT2D eigenvalue weighted by Crippen LogP contribution is 2.45. The molecule has 19 heavy (non-hydrogen) atoms. The summed E-state index contributed by atoms with van der Waals surface area (Å²) >= 11 is 0. The molecule has 0 spiro atoms. The van der Waals surface area contributed by atoms with Crippen LogP contribution < -0.4 is 4.74 Å². The molecule has 0 N–H and O–H groups in total. The van der Waals surface area contributed by atoms with Crippen LogP contribution in [-0.4, -0.2) is 23.7 Å². The van der Waals surface area contributed by atoms with Gasteiger partial charge >= 0.3 is 23.7 Å². The molecule has 0 radical (unpaired) electrons. The Morgan fingerprint density at radius 2 is 1.47 bits per heavy atom. The molecule has 0 atom stereocenters. The maximum Gasteiger partial charge on any atom is 0.411 e. The van der Waals surface area contributed by atoms with Crippen LogP contribution >= 0.6 is 0 Å². The molecule has 0 aliphatic carbocycles. The standard InChI is InChI=1S/C11H8F6O2/c1-9(12,13)11(16,17)10(14,15)8(18)19-7-5-3-2-4-6-7/h2-6H,1H3. The van der Waals surface area contributed by atoms with Gasteiger partial charge in [-0.15, -0.1) is 0 Å². The Bertz CT molecular complexity index is 452. The van der Waals surface area contributed by atoms with Gasteiger partial charge in [0.2, 0.25) is 0 Å². The van der Waals surface area contributed by atoms with E-state index in [0.717, 1.165) is 12.1 Å². The van der Waals surface area contributed by atoms with Crippen molar-refractivity contribution in [2.24, 2.45) is 0 Å². The average molecular weight is 286 g/mol. The molecule has 0 amide bonds. The second kappa shape index (κ2) is 4.75. The van der Waals surface area contributed by atoms with Gasteiger partial charge in [0.05, 0.1) is 0 Å². The lowest BCUT2D eigenvalue weighted by Gasteiger charge is -2.28. The van der Waals surface area contributed by atoms with Gasteiger partial charge in [0.1, 0.15) is 5.75 Å². The zero-order chi connectivity index (χ0) is 14.9. The van der Waals surface area contributed by atoms with E-state index in [1.807, 2.05) is 0 Å². The van der Waals surface area contributed by atoms with E-state index in [0.29, 0.717) is 0 Å². The first kappa shape index (κ1) is 15.3. The second-order valence-electron chi connectivity index (χ2n) is 3.74. The van der Waals surface area contributed by atoms with E-state index in [2.05, 4.69) is 4.74 Å². The fourth-order valence-corrected chi connectivity index (χ4v) is 1.06. The minimum Gasteiger partial charge on any atom is -0.422 e. The SMILES string of the molecule is CC(F)(F)C(F)(F)C(F)(F)C(=O)Oc1ccccc1. The number of alkyl halides is 6. The van der Waals surface area contributed by atoms with E-state index in [1.165, 1.54) is 18.2 Å². The Balaban J connectivity index is 2.98. The smallest absolute Gasteiger partial charge is 0.411 e. The summed E-state index contributed by atoms with van der Waals surface area (Å²) in [4.78, 5) is 10.9. The highest BCUT2D eigenvalue weighted by molar-refractivity contribution is 5.81. The Kier molecular flexibility index (Phi) is 3.83. The van der Waals surface area contributed by atoms with Gasteiger partial charge in [0.15, 0.2) is 0 Å². The maximum absolute atomic E-state index is 13.1. The number of ether oxygens (including phenoxy) is 1. The van der Waals surface area contributed by atoms with Gasteiger partial charge in [0.25, 0.3) is 0 Å².